The van der Waals surface area contributed by atoms with Crippen LogP contribution in [0.2, 0.25) is 0 Å². The van der Waals surface area contributed by atoms with Crippen molar-refractivity contribution in [3.8, 4) is 11.8 Å². The van der Waals surface area contributed by atoms with Crippen LogP contribution in [-0.2, 0) is 0 Å². The van der Waals surface area contributed by atoms with Crippen molar-refractivity contribution < 1.29 is 4.74 Å². The molecule has 1 unspecified atom stereocenters. The highest BCUT2D eigenvalue weighted by Crippen LogP contribution is 2.24. The largest absolute Gasteiger partial charge is 0.493 e. The number of unbranched alkanes of at least 4 members (excludes halogenated alkanes) is 2. The maximum absolute atomic E-state index is 8.46. The molecule has 0 amide bonds. The molecule has 1 rings (SSSR count). The predicted molar refractivity (Wildman–Crippen MR) is 73.5 cm³/mol. The van der Waals surface area contributed by atoms with Gasteiger partial charge in [0.15, 0.2) is 0 Å². The molecule has 1 aromatic rings. The van der Waals surface area contributed by atoms with Crippen LogP contribution < -0.4 is 10.1 Å². The molecule has 0 saturated carbocycles. The first-order valence-electron chi connectivity index (χ1n) is 6.61. The topological polar surface area (TPSA) is 45.0 Å². The van der Waals surface area contributed by atoms with Gasteiger partial charge >= 0.3 is 0 Å². The summed E-state index contributed by atoms with van der Waals surface area (Å²) in [6, 6.07) is 10.6. The van der Waals surface area contributed by atoms with Crippen LogP contribution in [0.3, 0.4) is 0 Å². The minimum Gasteiger partial charge on any atom is -0.493 e. The molecular weight excluding hydrogens is 224 g/mol. The summed E-state index contributed by atoms with van der Waals surface area (Å²) in [5, 5.41) is 11.8. The van der Waals surface area contributed by atoms with Gasteiger partial charge in [0.05, 0.1) is 12.7 Å². The molecule has 18 heavy (non-hydrogen) atoms. The minimum atomic E-state index is 0.297. The van der Waals surface area contributed by atoms with E-state index >= 15 is 0 Å². The summed E-state index contributed by atoms with van der Waals surface area (Å²) in [7, 11) is 0. The van der Waals surface area contributed by atoms with Gasteiger partial charge in [-0.15, -0.1) is 0 Å². The zero-order chi connectivity index (χ0) is 13.2. The summed E-state index contributed by atoms with van der Waals surface area (Å²) >= 11 is 0. The van der Waals surface area contributed by atoms with Gasteiger partial charge in [0.1, 0.15) is 5.75 Å². The Bertz CT molecular complexity index is 384. The molecule has 0 aromatic heterocycles. The smallest absolute Gasteiger partial charge is 0.124 e. The van der Waals surface area contributed by atoms with Crippen LogP contribution >= 0.6 is 0 Å². The number of hydrogen-bond donors (Lipinski definition) is 1. The van der Waals surface area contributed by atoms with Crippen molar-refractivity contribution in [1.29, 1.82) is 5.26 Å². The van der Waals surface area contributed by atoms with E-state index in [0.717, 1.165) is 25.1 Å². The third kappa shape index (κ3) is 4.77. The number of hydrogen-bond acceptors (Lipinski definition) is 3. The van der Waals surface area contributed by atoms with Gasteiger partial charge < -0.3 is 10.1 Å². The highest BCUT2D eigenvalue weighted by molar-refractivity contribution is 5.35. The van der Waals surface area contributed by atoms with Crippen LogP contribution in [0.25, 0.3) is 0 Å². The van der Waals surface area contributed by atoms with Crippen molar-refractivity contribution in [2.75, 3.05) is 13.2 Å². The van der Waals surface area contributed by atoms with E-state index in [0.29, 0.717) is 19.1 Å². The lowest BCUT2D eigenvalue weighted by molar-refractivity contribution is 0.301. The Labute approximate surface area is 110 Å². The van der Waals surface area contributed by atoms with Crippen LogP contribution in [0.1, 0.15) is 44.7 Å². The van der Waals surface area contributed by atoms with Gasteiger partial charge in [-0.3, -0.25) is 0 Å². The number of para-hydroxylation sites is 1. The molecule has 0 aliphatic heterocycles. The Morgan fingerprint density at radius 1 is 1.33 bits per heavy atom. The van der Waals surface area contributed by atoms with E-state index in [1.807, 2.05) is 18.2 Å². The summed E-state index contributed by atoms with van der Waals surface area (Å²) in [4.78, 5) is 0. The van der Waals surface area contributed by atoms with E-state index in [1.54, 1.807) is 0 Å². The fraction of sp³-hybridized carbons (Fsp3) is 0.533. The van der Waals surface area contributed by atoms with Crippen LogP contribution in [0.15, 0.2) is 24.3 Å². The molecule has 0 spiro atoms. The highest BCUT2D eigenvalue weighted by Gasteiger charge is 2.09. The first kappa shape index (κ1) is 14.5. The second kappa shape index (κ2) is 8.54. The van der Waals surface area contributed by atoms with Crippen molar-refractivity contribution in [3.05, 3.63) is 29.8 Å². The van der Waals surface area contributed by atoms with Gasteiger partial charge in [0, 0.05) is 18.0 Å². The molecule has 1 atom stereocenters. The van der Waals surface area contributed by atoms with Gasteiger partial charge in [-0.05, 0) is 32.4 Å². The Hall–Kier alpha value is -1.53. The third-order valence-electron chi connectivity index (χ3n) is 2.84. The number of nitriles is 1. The van der Waals surface area contributed by atoms with Gasteiger partial charge in [-0.1, -0.05) is 25.1 Å². The van der Waals surface area contributed by atoms with Gasteiger partial charge in [0.2, 0.25) is 0 Å². The zero-order valence-corrected chi connectivity index (χ0v) is 11.3. The first-order valence-corrected chi connectivity index (χ1v) is 6.61. The van der Waals surface area contributed by atoms with E-state index in [2.05, 4.69) is 31.3 Å². The number of nitrogens with zero attached hydrogens (tertiary/aromatic N) is 1. The van der Waals surface area contributed by atoms with Crippen LogP contribution in [0, 0.1) is 11.3 Å². The number of rotatable bonds is 8. The molecular formula is C15H22N2O. The molecule has 0 aliphatic rings. The molecule has 0 radical (unpaired) electrons. The second-order valence-corrected chi connectivity index (χ2v) is 4.28. The molecule has 1 N–H and O–H groups in total. The molecule has 98 valence electrons. The standard InChI is InChI=1S/C15H22N2O/c1-3-17-13(2)14-9-5-6-10-15(14)18-12-8-4-7-11-16/h5-6,9-10,13,17H,3-4,7-8,12H2,1-2H3. The first-order chi connectivity index (χ1) is 8.79. The van der Waals surface area contributed by atoms with Gasteiger partial charge in [-0.2, -0.15) is 5.26 Å². The quantitative estimate of drug-likeness (QED) is 0.715. The normalized spacial score (nSPS) is 11.8. The van der Waals surface area contributed by atoms with Crippen molar-refractivity contribution >= 4 is 0 Å². The van der Waals surface area contributed by atoms with Crippen LogP contribution in [0.4, 0.5) is 0 Å². The van der Waals surface area contributed by atoms with Crippen molar-refractivity contribution in [2.24, 2.45) is 0 Å². The summed E-state index contributed by atoms with van der Waals surface area (Å²) in [5.41, 5.74) is 1.19. The van der Waals surface area contributed by atoms with Crippen LogP contribution in [0.5, 0.6) is 5.75 Å². The van der Waals surface area contributed by atoms with E-state index in [-0.39, 0.29) is 0 Å². The van der Waals surface area contributed by atoms with Crippen LogP contribution in [-0.4, -0.2) is 13.2 Å². The Kier molecular flexibility index (Phi) is 6.90. The molecule has 3 heteroatoms. The minimum absolute atomic E-state index is 0.297. The molecule has 0 fully saturated rings. The van der Waals surface area contributed by atoms with E-state index < -0.39 is 0 Å². The highest BCUT2D eigenvalue weighted by atomic mass is 16.5. The average Bonchev–Trinajstić information content (AvgIpc) is 2.39. The second-order valence-electron chi connectivity index (χ2n) is 4.28. The molecule has 0 bridgehead atoms. The lowest BCUT2D eigenvalue weighted by Crippen LogP contribution is -2.18. The maximum atomic E-state index is 8.46. The molecule has 0 saturated heterocycles. The Morgan fingerprint density at radius 2 is 2.11 bits per heavy atom. The number of nitrogens with one attached hydrogen (secondary N) is 1. The van der Waals surface area contributed by atoms with E-state index in [9.17, 15) is 0 Å². The monoisotopic (exact) mass is 246 g/mol. The van der Waals surface area contributed by atoms with Gasteiger partial charge in [0.25, 0.3) is 0 Å². The molecule has 0 aliphatic carbocycles. The SMILES string of the molecule is CCNC(C)c1ccccc1OCCCCC#N. The van der Waals surface area contributed by atoms with Crippen molar-refractivity contribution in [3.63, 3.8) is 0 Å². The number of benzene rings is 1. The lowest BCUT2D eigenvalue weighted by atomic mass is 10.1. The van der Waals surface area contributed by atoms with Gasteiger partial charge in [-0.25, -0.2) is 0 Å². The molecule has 1 aromatic carbocycles. The number of ether oxygens (including phenoxy) is 1. The molecule has 0 heterocycles. The summed E-state index contributed by atoms with van der Waals surface area (Å²) in [6.07, 6.45) is 2.44. The fourth-order valence-corrected chi connectivity index (χ4v) is 1.87. The predicted octanol–water partition coefficient (Wildman–Crippen LogP) is 3.43. The summed E-state index contributed by atoms with van der Waals surface area (Å²) in [6.45, 7) is 5.86. The van der Waals surface area contributed by atoms with Crippen molar-refractivity contribution in [1.82, 2.24) is 5.32 Å². The zero-order valence-electron chi connectivity index (χ0n) is 11.3. The summed E-state index contributed by atoms with van der Waals surface area (Å²) in [5.74, 6) is 0.947. The van der Waals surface area contributed by atoms with E-state index in [4.69, 9.17) is 10.00 Å². The Morgan fingerprint density at radius 3 is 2.83 bits per heavy atom. The van der Waals surface area contributed by atoms with Crippen molar-refractivity contribution in [2.45, 2.75) is 39.2 Å². The van der Waals surface area contributed by atoms with E-state index in [1.165, 1.54) is 5.56 Å². The average molecular weight is 246 g/mol. The maximum Gasteiger partial charge on any atom is 0.124 e. The lowest BCUT2D eigenvalue weighted by Gasteiger charge is -2.17. The fourth-order valence-electron chi connectivity index (χ4n) is 1.87. The summed E-state index contributed by atoms with van der Waals surface area (Å²) < 4.78 is 5.80. The molecule has 3 nitrogen and oxygen atoms in total. The third-order valence-corrected chi connectivity index (χ3v) is 2.84. The Balaban J connectivity index is 2.51.